The second kappa shape index (κ2) is 4.47. The Hall–Kier alpha value is -1.55. The second-order valence-electron chi connectivity index (χ2n) is 6.85. The van der Waals surface area contributed by atoms with Crippen LogP contribution in [0.4, 0.5) is 0 Å². The minimum Gasteiger partial charge on any atom is -0.507 e. The fourth-order valence-corrected chi connectivity index (χ4v) is 5.14. The van der Waals surface area contributed by atoms with E-state index >= 15 is 0 Å². The number of aromatic carboxylic acids is 1. The molecular weight excluding hydrogens is 266 g/mol. The number of rotatable bonds is 1. The molecule has 3 N–H and O–H groups in total. The van der Waals surface area contributed by atoms with Crippen LogP contribution in [0.5, 0.6) is 5.75 Å². The molecule has 1 saturated heterocycles. The van der Waals surface area contributed by atoms with E-state index in [9.17, 15) is 15.0 Å². The quantitative estimate of drug-likeness (QED) is 0.742. The molecule has 0 amide bonds. The summed E-state index contributed by atoms with van der Waals surface area (Å²) in [5.41, 5.74) is 2.56. The molecule has 1 saturated carbocycles. The summed E-state index contributed by atoms with van der Waals surface area (Å²) in [6.07, 6.45) is 6.95. The van der Waals surface area contributed by atoms with Gasteiger partial charge in [0, 0.05) is 11.5 Å². The van der Waals surface area contributed by atoms with Crippen molar-refractivity contribution in [3.8, 4) is 5.75 Å². The summed E-state index contributed by atoms with van der Waals surface area (Å²) in [6.45, 7) is 1.03. The zero-order chi connectivity index (χ0) is 14.6. The lowest BCUT2D eigenvalue weighted by atomic mass is 9.52. The van der Waals surface area contributed by atoms with Crippen molar-refractivity contribution in [2.75, 3.05) is 6.54 Å². The van der Waals surface area contributed by atoms with Gasteiger partial charge in [-0.15, -0.1) is 0 Å². The highest BCUT2D eigenvalue weighted by atomic mass is 16.4. The summed E-state index contributed by atoms with van der Waals surface area (Å²) in [5.74, 6) is -0.476. The topological polar surface area (TPSA) is 69.6 Å². The van der Waals surface area contributed by atoms with E-state index in [2.05, 4.69) is 5.32 Å². The molecular formula is C17H21NO3. The van der Waals surface area contributed by atoms with Gasteiger partial charge in [0.15, 0.2) is 0 Å². The number of hydrogen-bond donors (Lipinski definition) is 3. The van der Waals surface area contributed by atoms with E-state index in [1.807, 2.05) is 0 Å². The fraction of sp³-hybridized carbons (Fsp3) is 0.588. The predicted octanol–water partition coefficient (Wildman–Crippen LogP) is 2.44. The lowest BCUT2D eigenvalue weighted by Gasteiger charge is -2.56. The van der Waals surface area contributed by atoms with Gasteiger partial charge in [0.05, 0.1) is 0 Å². The summed E-state index contributed by atoms with van der Waals surface area (Å²) >= 11 is 0. The predicted molar refractivity (Wildman–Crippen MR) is 78.8 cm³/mol. The maximum absolute atomic E-state index is 11.3. The molecule has 1 heterocycles. The molecule has 1 aromatic carbocycles. The maximum Gasteiger partial charge on any atom is 0.339 e. The first kappa shape index (κ1) is 13.1. The van der Waals surface area contributed by atoms with Crippen LogP contribution in [0, 0.1) is 5.92 Å². The Kier molecular flexibility index (Phi) is 2.80. The molecule has 1 aromatic rings. The highest BCUT2D eigenvalue weighted by molar-refractivity contribution is 5.91. The zero-order valence-corrected chi connectivity index (χ0v) is 12.1. The van der Waals surface area contributed by atoms with Crippen molar-refractivity contribution in [2.45, 2.75) is 50.0 Å². The number of carboxylic acids is 1. The molecule has 3 unspecified atom stereocenters. The van der Waals surface area contributed by atoms with Crippen LogP contribution in [0.25, 0.3) is 0 Å². The van der Waals surface area contributed by atoms with Crippen LogP contribution in [-0.2, 0) is 11.8 Å². The van der Waals surface area contributed by atoms with Gasteiger partial charge in [-0.05, 0) is 61.4 Å². The third-order valence-corrected chi connectivity index (χ3v) is 5.99. The number of carbonyl (C=O) groups is 1. The average molecular weight is 287 g/mol. The van der Waals surface area contributed by atoms with Crippen molar-refractivity contribution in [3.63, 3.8) is 0 Å². The van der Waals surface area contributed by atoms with Crippen LogP contribution in [0.1, 0.15) is 53.6 Å². The highest BCUT2D eigenvalue weighted by Gasteiger charge is 2.51. The third kappa shape index (κ3) is 1.75. The van der Waals surface area contributed by atoms with E-state index < -0.39 is 5.97 Å². The van der Waals surface area contributed by atoms with E-state index in [4.69, 9.17) is 0 Å². The van der Waals surface area contributed by atoms with Crippen LogP contribution in [-0.4, -0.2) is 28.8 Å². The summed E-state index contributed by atoms with van der Waals surface area (Å²) in [6, 6.07) is 3.94. The summed E-state index contributed by atoms with van der Waals surface area (Å²) in [4.78, 5) is 11.3. The molecule has 2 bridgehead atoms. The Morgan fingerprint density at radius 3 is 2.95 bits per heavy atom. The van der Waals surface area contributed by atoms with Crippen molar-refractivity contribution >= 4 is 5.97 Å². The Balaban J connectivity index is 1.90. The Bertz CT molecular complexity index is 608. The van der Waals surface area contributed by atoms with Crippen LogP contribution < -0.4 is 5.32 Å². The number of nitrogens with one attached hydrogen (secondary N) is 1. The number of benzene rings is 1. The van der Waals surface area contributed by atoms with Crippen molar-refractivity contribution in [1.29, 1.82) is 0 Å². The molecule has 0 radical (unpaired) electrons. The Morgan fingerprint density at radius 1 is 1.29 bits per heavy atom. The largest absolute Gasteiger partial charge is 0.507 e. The summed E-state index contributed by atoms with van der Waals surface area (Å²) in [7, 11) is 0. The third-order valence-electron chi connectivity index (χ3n) is 5.99. The van der Waals surface area contributed by atoms with Gasteiger partial charge in [0.25, 0.3) is 0 Å². The van der Waals surface area contributed by atoms with Gasteiger partial charge in [0.2, 0.25) is 0 Å². The van der Waals surface area contributed by atoms with E-state index in [0.717, 1.165) is 24.9 Å². The van der Waals surface area contributed by atoms with Gasteiger partial charge in [-0.1, -0.05) is 12.8 Å². The van der Waals surface area contributed by atoms with E-state index in [1.54, 1.807) is 12.1 Å². The number of aromatic hydroxyl groups is 1. The minimum atomic E-state index is -1.04. The smallest absolute Gasteiger partial charge is 0.339 e. The Labute approximate surface area is 124 Å². The van der Waals surface area contributed by atoms with Gasteiger partial charge in [0.1, 0.15) is 11.3 Å². The molecule has 4 rings (SSSR count). The monoisotopic (exact) mass is 287 g/mol. The summed E-state index contributed by atoms with van der Waals surface area (Å²) in [5, 5.41) is 23.0. The minimum absolute atomic E-state index is 0.0393. The molecule has 21 heavy (non-hydrogen) atoms. The van der Waals surface area contributed by atoms with Crippen LogP contribution in [0.15, 0.2) is 12.1 Å². The first-order valence-electron chi connectivity index (χ1n) is 7.95. The molecule has 1 aliphatic heterocycles. The normalized spacial score (nSPS) is 33.9. The number of piperidine rings is 1. The molecule has 112 valence electrons. The lowest BCUT2D eigenvalue weighted by molar-refractivity contribution is 0.0688. The van der Waals surface area contributed by atoms with Crippen molar-refractivity contribution < 1.29 is 15.0 Å². The molecule has 3 atom stereocenters. The Morgan fingerprint density at radius 2 is 2.14 bits per heavy atom. The summed E-state index contributed by atoms with van der Waals surface area (Å²) < 4.78 is 0. The average Bonchev–Trinajstić information content (AvgIpc) is 2.47. The lowest BCUT2D eigenvalue weighted by Crippen LogP contribution is -2.59. The maximum atomic E-state index is 11.3. The molecule has 0 spiro atoms. The highest BCUT2D eigenvalue weighted by Crippen LogP contribution is 2.54. The first-order valence-corrected chi connectivity index (χ1v) is 7.95. The van der Waals surface area contributed by atoms with E-state index in [0.29, 0.717) is 12.0 Å². The van der Waals surface area contributed by atoms with Gasteiger partial charge >= 0.3 is 5.97 Å². The van der Waals surface area contributed by atoms with Gasteiger partial charge in [-0.2, -0.15) is 0 Å². The van der Waals surface area contributed by atoms with Crippen molar-refractivity contribution in [1.82, 2.24) is 5.32 Å². The molecule has 4 nitrogen and oxygen atoms in total. The first-order chi connectivity index (χ1) is 10.1. The number of carboxylic acid groups (broad SMARTS) is 1. The van der Waals surface area contributed by atoms with Crippen LogP contribution >= 0.6 is 0 Å². The second-order valence-corrected chi connectivity index (χ2v) is 6.85. The van der Waals surface area contributed by atoms with Gasteiger partial charge in [-0.3, -0.25) is 0 Å². The molecule has 2 aliphatic carbocycles. The fourth-order valence-electron chi connectivity index (χ4n) is 5.14. The van der Waals surface area contributed by atoms with Crippen molar-refractivity contribution in [2.24, 2.45) is 5.92 Å². The molecule has 3 aliphatic rings. The number of fused-ring (bicyclic) bond motifs is 1. The zero-order valence-electron chi connectivity index (χ0n) is 12.1. The molecule has 0 aromatic heterocycles. The number of phenols is 1. The van der Waals surface area contributed by atoms with Gasteiger partial charge < -0.3 is 15.5 Å². The van der Waals surface area contributed by atoms with Crippen LogP contribution in [0.3, 0.4) is 0 Å². The van der Waals surface area contributed by atoms with Gasteiger partial charge in [-0.25, -0.2) is 4.79 Å². The standard InChI is InChI=1S/C17H21NO3/c19-15-9-13-10(7-11(15)16(20)21)8-14-12-3-1-2-4-17(12,13)5-6-18-14/h7,9,12,14,18-19H,1-6,8H2,(H,20,21). The van der Waals surface area contributed by atoms with Crippen molar-refractivity contribution in [3.05, 3.63) is 28.8 Å². The van der Waals surface area contributed by atoms with Crippen LogP contribution in [0.2, 0.25) is 0 Å². The van der Waals surface area contributed by atoms with E-state index in [1.165, 1.54) is 31.2 Å². The molecule has 2 fully saturated rings. The van der Waals surface area contributed by atoms with E-state index in [-0.39, 0.29) is 16.7 Å². The number of hydrogen-bond acceptors (Lipinski definition) is 3. The molecule has 4 heteroatoms. The SMILES string of the molecule is O=C(O)c1cc2c(cc1O)C13CCCCC1C(C2)NCC3.